The van der Waals surface area contributed by atoms with Crippen molar-refractivity contribution in [2.75, 3.05) is 18.1 Å². The largest absolute Gasteiger partial charge is 0.388 e. The van der Waals surface area contributed by atoms with E-state index in [1.807, 2.05) is 43.0 Å². The quantitative estimate of drug-likeness (QED) is 0.816. The average Bonchev–Trinajstić information content (AvgIpc) is 2.88. The van der Waals surface area contributed by atoms with Gasteiger partial charge in [0.05, 0.1) is 5.60 Å². The second kappa shape index (κ2) is 5.73. The number of rotatable bonds is 3. The second-order valence-corrected chi connectivity index (χ2v) is 7.02. The van der Waals surface area contributed by atoms with Crippen molar-refractivity contribution in [3.8, 4) is 0 Å². The average molecular weight is 304 g/mol. The number of carbonyl (C=O) groups excluding carboxylic acids is 1. The molecule has 3 rings (SSSR count). The first-order valence-corrected chi connectivity index (χ1v) is 8.39. The molecule has 0 saturated carbocycles. The van der Waals surface area contributed by atoms with Gasteiger partial charge in [-0.2, -0.15) is 11.8 Å². The Kier molecular flexibility index (Phi) is 3.95. The summed E-state index contributed by atoms with van der Waals surface area (Å²) in [5, 5.41) is 14.3. The molecule has 1 aromatic heterocycles. The zero-order valence-electron chi connectivity index (χ0n) is 12.1. The van der Waals surface area contributed by atoms with Gasteiger partial charge in [-0.15, -0.1) is 0 Å². The Labute approximate surface area is 128 Å². The molecule has 0 unspecified atom stereocenters. The van der Waals surface area contributed by atoms with Crippen LogP contribution in [0.25, 0.3) is 10.9 Å². The van der Waals surface area contributed by atoms with Gasteiger partial charge in [-0.05, 0) is 49.0 Å². The molecule has 1 aliphatic heterocycles. The summed E-state index contributed by atoms with van der Waals surface area (Å²) >= 11 is 1.85. The molecule has 1 saturated heterocycles. The van der Waals surface area contributed by atoms with Crippen molar-refractivity contribution in [3.63, 3.8) is 0 Å². The third kappa shape index (κ3) is 3.24. The Balaban J connectivity index is 1.69. The monoisotopic (exact) mass is 304 g/mol. The fraction of sp³-hybridized carbons (Fsp3) is 0.438. The number of H-pyrrole nitrogens is 1. The third-order valence-corrected chi connectivity index (χ3v) is 5.01. The van der Waals surface area contributed by atoms with Gasteiger partial charge in [-0.25, -0.2) is 0 Å². The topological polar surface area (TPSA) is 65.1 Å². The van der Waals surface area contributed by atoms with Gasteiger partial charge in [0.2, 0.25) is 0 Å². The molecule has 1 aliphatic rings. The van der Waals surface area contributed by atoms with Crippen LogP contribution >= 0.6 is 11.8 Å². The number of fused-ring (bicyclic) bond motifs is 1. The van der Waals surface area contributed by atoms with Crippen LogP contribution in [0.5, 0.6) is 0 Å². The number of aromatic nitrogens is 1. The number of carbonyl (C=O) groups is 1. The number of hydrogen-bond donors (Lipinski definition) is 3. The summed E-state index contributed by atoms with van der Waals surface area (Å²) in [5.41, 5.74) is 1.92. The van der Waals surface area contributed by atoms with Crippen LogP contribution in [0.15, 0.2) is 24.3 Å². The summed E-state index contributed by atoms with van der Waals surface area (Å²) in [6.45, 7) is 2.34. The Hall–Kier alpha value is -1.46. The Bertz CT molecular complexity index is 659. The van der Waals surface area contributed by atoms with Crippen molar-refractivity contribution in [1.29, 1.82) is 0 Å². The molecule has 4 nitrogen and oxygen atoms in total. The number of thioether (sulfide) groups is 1. The SMILES string of the molecule is Cc1ccc2cc(C(=O)NCC3(O)CCSCC3)[nH]c2c1. The van der Waals surface area contributed by atoms with Crippen LogP contribution < -0.4 is 5.32 Å². The van der Waals surface area contributed by atoms with E-state index in [0.29, 0.717) is 12.2 Å². The Morgan fingerprint density at radius 3 is 2.90 bits per heavy atom. The summed E-state index contributed by atoms with van der Waals surface area (Å²) in [7, 11) is 0. The van der Waals surface area contributed by atoms with E-state index in [1.54, 1.807) is 0 Å². The highest BCUT2D eigenvalue weighted by molar-refractivity contribution is 7.99. The lowest BCUT2D eigenvalue weighted by molar-refractivity contribution is 0.0310. The van der Waals surface area contributed by atoms with E-state index < -0.39 is 5.60 Å². The van der Waals surface area contributed by atoms with E-state index in [2.05, 4.69) is 10.3 Å². The molecule has 1 fully saturated rings. The molecule has 0 radical (unpaired) electrons. The van der Waals surface area contributed by atoms with Crippen LogP contribution in [0, 0.1) is 6.92 Å². The molecule has 0 bridgehead atoms. The minimum atomic E-state index is -0.747. The standard InChI is InChI=1S/C16H20N2O2S/c1-11-2-3-12-9-14(18-13(12)8-11)15(19)17-10-16(20)4-6-21-7-5-16/h2-3,8-9,18,20H,4-7,10H2,1H3,(H,17,19). The molecule has 0 spiro atoms. The molecule has 3 N–H and O–H groups in total. The van der Waals surface area contributed by atoms with E-state index in [1.165, 1.54) is 0 Å². The number of amides is 1. The third-order valence-electron chi connectivity index (χ3n) is 4.02. The van der Waals surface area contributed by atoms with Gasteiger partial charge in [0.25, 0.3) is 5.91 Å². The molecule has 2 aromatic rings. The van der Waals surface area contributed by atoms with E-state index in [0.717, 1.165) is 40.8 Å². The van der Waals surface area contributed by atoms with Crippen molar-refractivity contribution in [1.82, 2.24) is 10.3 Å². The van der Waals surface area contributed by atoms with Crippen molar-refractivity contribution in [3.05, 3.63) is 35.5 Å². The fourth-order valence-corrected chi connectivity index (χ4v) is 3.88. The van der Waals surface area contributed by atoms with Gasteiger partial charge in [0.1, 0.15) is 5.69 Å². The first-order valence-electron chi connectivity index (χ1n) is 7.23. The van der Waals surface area contributed by atoms with Gasteiger partial charge in [-0.1, -0.05) is 12.1 Å². The number of aryl methyl sites for hydroxylation is 1. The van der Waals surface area contributed by atoms with Gasteiger partial charge >= 0.3 is 0 Å². The molecular formula is C16H20N2O2S. The number of benzene rings is 1. The minimum Gasteiger partial charge on any atom is -0.388 e. The lowest BCUT2D eigenvalue weighted by Gasteiger charge is -2.31. The highest BCUT2D eigenvalue weighted by Crippen LogP contribution is 2.26. The predicted octanol–water partition coefficient (Wildman–Crippen LogP) is 2.46. The van der Waals surface area contributed by atoms with Crippen LogP contribution in [0.2, 0.25) is 0 Å². The molecule has 0 aliphatic carbocycles. The van der Waals surface area contributed by atoms with E-state index in [9.17, 15) is 9.90 Å². The normalized spacial score (nSPS) is 17.8. The van der Waals surface area contributed by atoms with Gasteiger partial charge in [0, 0.05) is 17.4 Å². The van der Waals surface area contributed by atoms with Crippen molar-refractivity contribution < 1.29 is 9.90 Å². The van der Waals surface area contributed by atoms with E-state index in [4.69, 9.17) is 0 Å². The molecule has 21 heavy (non-hydrogen) atoms. The summed E-state index contributed by atoms with van der Waals surface area (Å²) in [5.74, 6) is 1.76. The second-order valence-electron chi connectivity index (χ2n) is 5.79. The van der Waals surface area contributed by atoms with E-state index in [-0.39, 0.29) is 5.91 Å². The van der Waals surface area contributed by atoms with Crippen LogP contribution in [-0.2, 0) is 0 Å². The summed E-state index contributed by atoms with van der Waals surface area (Å²) in [6, 6.07) is 7.91. The lowest BCUT2D eigenvalue weighted by atomic mass is 9.97. The highest BCUT2D eigenvalue weighted by atomic mass is 32.2. The Morgan fingerprint density at radius 1 is 1.38 bits per heavy atom. The van der Waals surface area contributed by atoms with Crippen molar-refractivity contribution in [2.24, 2.45) is 0 Å². The minimum absolute atomic E-state index is 0.157. The van der Waals surface area contributed by atoms with Crippen LogP contribution in [0.4, 0.5) is 0 Å². The molecule has 2 heterocycles. The predicted molar refractivity (Wildman–Crippen MR) is 86.9 cm³/mol. The number of hydrogen-bond acceptors (Lipinski definition) is 3. The van der Waals surface area contributed by atoms with Crippen LogP contribution in [-0.4, -0.2) is 39.6 Å². The maximum atomic E-state index is 12.2. The van der Waals surface area contributed by atoms with Gasteiger partial charge in [-0.3, -0.25) is 4.79 Å². The summed E-state index contributed by atoms with van der Waals surface area (Å²) < 4.78 is 0. The summed E-state index contributed by atoms with van der Waals surface area (Å²) in [6.07, 6.45) is 1.48. The lowest BCUT2D eigenvalue weighted by Crippen LogP contribution is -2.45. The fourth-order valence-electron chi connectivity index (χ4n) is 2.63. The first kappa shape index (κ1) is 14.5. The summed E-state index contributed by atoms with van der Waals surface area (Å²) in [4.78, 5) is 15.4. The molecule has 112 valence electrons. The molecular weight excluding hydrogens is 284 g/mol. The van der Waals surface area contributed by atoms with Crippen molar-refractivity contribution >= 4 is 28.6 Å². The van der Waals surface area contributed by atoms with Crippen molar-refractivity contribution in [2.45, 2.75) is 25.4 Å². The first-order chi connectivity index (χ1) is 10.1. The van der Waals surface area contributed by atoms with Gasteiger partial charge in [0.15, 0.2) is 0 Å². The number of nitrogens with one attached hydrogen (secondary N) is 2. The number of aliphatic hydroxyl groups is 1. The maximum Gasteiger partial charge on any atom is 0.267 e. The molecule has 1 amide bonds. The van der Waals surface area contributed by atoms with Crippen LogP contribution in [0.1, 0.15) is 28.9 Å². The Morgan fingerprint density at radius 2 is 2.14 bits per heavy atom. The van der Waals surface area contributed by atoms with Crippen LogP contribution in [0.3, 0.4) is 0 Å². The highest BCUT2D eigenvalue weighted by Gasteiger charge is 2.30. The molecule has 0 atom stereocenters. The number of aromatic amines is 1. The van der Waals surface area contributed by atoms with E-state index >= 15 is 0 Å². The maximum absolute atomic E-state index is 12.2. The van der Waals surface area contributed by atoms with Gasteiger partial charge < -0.3 is 15.4 Å². The molecule has 1 aromatic carbocycles. The molecule has 5 heteroatoms. The zero-order valence-corrected chi connectivity index (χ0v) is 12.9. The smallest absolute Gasteiger partial charge is 0.267 e. The zero-order chi connectivity index (χ0) is 14.9.